The van der Waals surface area contributed by atoms with Gasteiger partial charge < -0.3 is 10.2 Å². The predicted octanol–water partition coefficient (Wildman–Crippen LogP) is 15.8. The molecule has 4 aliphatic carbocycles. The van der Waals surface area contributed by atoms with Crippen LogP contribution in [0.5, 0.6) is 0 Å². The maximum Gasteiger partial charge on any atom is 0.0577 e. The summed E-state index contributed by atoms with van der Waals surface area (Å²) < 4.78 is 0. The van der Waals surface area contributed by atoms with Crippen LogP contribution in [-0.2, 0) is 0 Å². The number of hydrogen-bond acceptors (Lipinski definition) is 2. The summed E-state index contributed by atoms with van der Waals surface area (Å²) in [6.45, 7) is 17.5. The van der Waals surface area contributed by atoms with Crippen molar-refractivity contribution in [3.63, 3.8) is 0 Å². The van der Waals surface area contributed by atoms with E-state index in [2.05, 4.69) is 54.5 Å². The Kier molecular flexibility index (Phi) is 22.9. The second-order valence-electron chi connectivity index (χ2n) is 20.5. The highest BCUT2D eigenvalue weighted by molar-refractivity contribution is 5.25. The third kappa shape index (κ3) is 15.2. The van der Waals surface area contributed by atoms with E-state index in [0.29, 0.717) is 23.4 Å². The van der Waals surface area contributed by atoms with Crippen LogP contribution in [-0.4, -0.2) is 22.9 Å². The van der Waals surface area contributed by atoms with Gasteiger partial charge in [0.2, 0.25) is 0 Å². The molecule has 2 nitrogen and oxygen atoms in total. The largest absolute Gasteiger partial charge is 0.396 e. The lowest BCUT2D eigenvalue weighted by molar-refractivity contribution is -0.0573. The number of aliphatic hydroxyl groups is 2. The monoisotopic (exact) mass is 741 g/mol. The first-order chi connectivity index (χ1) is 25.6. The van der Waals surface area contributed by atoms with E-state index in [4.69, 9.17) is 0 Å². The van der Waals surface area contributed by atoms with Gasteiger partial charge in [0, 0.05) is 6.61 Å². The van der Waals surface area contributed by atoms with Crippen molar-refractivity contribution in [1.29, 1.82) is 0 Å². The van der Waals surface area contributed by atoms with Gasteiger partial charge in [0.25, 0.3) is 0 Å². The van der Waals surface area contributed by atoms with Crippen molar-refractivity contribution in [3.05, 3.63) is 11.6 Å². The SMILES string of the molecule is CC(C)CCC[C@@H](C)[C@H]1CC[C@H]2[C@@H]3CC=C4C[C@@H](O)CC[C@]4(C)[C@H]3CC[C@]12C.CCCCCCCCCCCCC(CO)CCCCCCCCCC. The summed E-state index contributed by atoms with van der Waals surface area (Å²) in [6.07, 6.45) is 44.9. The topological polar surface area (TPSA) is 40.5 Å². The Labute approximate surface area is 333 Å². The van der Waals surface area contributed by atoms with E-state index in [9.17, 15) is 10.2 Å². The lowest BCUT2D eigenvalue weighted by Gasteiger charge is -2.58. The fourth-order valence-corrected chi connectivity index (χ4v) is 12.5. The highest BCUT2D eigenvalue weighted by Crippen LogP contribution is 2.67. The maximum absolute atomic E-state index is 10.2. The molecule has 0 aromatic heterocycles. The Morgan fingerprint density at radius 1 is 0.623 bits per heavy atom. The average molecular weight is 741 g/mol. The zero-order valence-corrected chi connectivity index (χ0v) is 37.2. The summed E-state index contributed by atoms with van der Waals surface area (Å²) in [7, 11) is 0. The maximum atomic E-state index is 10.2. The number of unbranched alkanes of at least 4 members (excludes halogenated alkanes) is 16. The van der Waals surface area contributed by atoms with Crippen molar-refractivity contribution in [2.24, 2.45) is 52.3 Å². The molecule has 0 bridgehead atoms. The summed E-state index contributed by atoms with van der Waals surface area (Å²) in [4.78, 5) is 0. The van der Waals surface area contributed by atoms with Gasteiger partial charge in [-0.2, -0.15) is 0 Å². The molecule has 1 unspecified atom stereocenters. The van der Waals surface area contributed by atoms with Gasteiger partial charge in [-0.1, -0.05) is 195 Å². The Morgan fingerprint density at radius 3 is 1.70 bits per heavy atom. The van der Waals surface area contributed by atoms with Gasteiger partial charge in [-0.05, 0) is 116 Å². The zero-order chi connectivity index (χ0) is 38.5. The lowest BCUT2D eigenvalue weighted by atomic mass is 9.47. The third-order valence-electron chi connectivity index (χ3n) is 16.0. The molecule has 0 heterocycles. The molecule has 2 heteroatoms. The fourth-order valence-electron chi connectivity index (χ4n) is 12.5. The third-order valence-corrected chi connectivity index (χ3v) is 16.0. The Bertz CT molecular complexity index is 954. The van der Waals surface area contributed by atoms with Gasteiger partial charge in [-0.15, -0.1) is 0 Å². The lowest BCUT2D eigenvalue weighted by Crippen LogP contribution is -2.50. The van der Waals surface area contributed by atoms with Crippen LogP contribution in [0.4, 0.5) is 0 Å². The molecule has 0 aromatic carbocycles. The molecular weight excluding hydrogens is 645 g/mol. The van der Waals surface area contributed by atoms with Gasteiger partial charge in [0.15, 0.2) is 0 Å². The first-order valence-corrected chi connectivity index (χ1v) is 24.6. The summed E-state index contributed by atoms with van der Waals surface area (Å²) in [5.74, 6) is 6.04. The molecule has 4 aliphatic rings. The van der Waals surface area contributed by atoms with Gasteiger partial charge in [0.1, 0.15) is 0 Å². The Balaban J connectivity index is 0.000000288. The predicted molar refractivity (Wildman–Crippen MR) is 233 cm³/mol. The molecule has 0 amide bonds. The van der Waals surface area contributed by atoms with Crippen LogP contribution in [0.1, 0.15) is 248 Å². The van der Waals surface area contributed by atoms with Crippen LogP contribution >= 0.6 is 0 Å². The van der Waals surface area contributed by atoms with E-state index in [-0.39, 0.29) is 6.10 Å². The van der Waals surface area contributed by atoms with Crippen molar-refractivity contribution in [1.82, 2.24) is 0 Å². The summed E-state index contributed by atoms with van der Waals surface area (Å²) >= 11 is 0. The first kappa shape index (κ1) is 47.0. The van der Waals surface area contributed by atoms with E-state index in [1.54, 1.807) is 5.57 Å². The quantitative estimate of drug-likeness (QED) is 0.0685. The van der Waals surface area contributed by atoms with E-state index in [1.807, 2.05) is 0 Å². The van der Waals surface area contributed by atoms with Crippen LogP contribution in [0, 0.1) is 52.3 Å². The van der Waals surface area contributed by atoms with Crippen LogP contribution in [0.2, 0.25) is 0 Å². The minimum absolute atomic E-state index is 0.0766. The molecule has 3 saturated carbocycles. The minimum Gasteiger partial charge on any atom is -0.396 e. The number of hydrogen-bond donors (Lipinski definition) is 2. The molecule has 2 N–H and O–H groups in total. The highest BCUT2D eigenvalue weighted by atomic mass is 16.3. The Hall–Kier alpha value is -0.340. The summed E-state index contributed by atoms with van der Waals surface area (Å²) in [6, 6.07) is 0. The first-order valence-electron chi connectivity index (χ1n) is 24.6. The summed E-state index contributed by atoms with van der Waals surface area (Å²) in [5.41, 5.74) is 2.60. The van der Waals surface area contributed by atoms with E-state index in [0.717, 1.165) is 48.3 Å². The molecule has 0 saturated heterocycles. The van der Waals surface area contributed by atoms with Gasteiger partial charge >= 0.3 is 0 Å². The number of rotatable bonds is 26. The molecule has 0 radical (unpaired) electrons. The van der Waals surface area contributed by atoms with Crippen molar-refractivity contribution in [3.8, 4) is 0 Å². The molecule has 53 heavy (non-hydrogen) atoms. The molecule has 0 aliphatic heterocycles. The second kappa shape index (κ2) is 25.8. The molecule has 0 aromatic rings. The fraction of sp³-hybridized carbons (Fsp3) is 0.961. The smallest absolute Gasteiger partial charge is 0.0577 e. The zero-order valence-electron chi connectivity index (χ0n) is 37.2. The van der Waals surface area contributed by atoms with Crippen molar-refractivity contribution >= 4 is 0 Å². The van der Waals surface area contributed by atoms with Gasteiger partial charge in [0.05, 0.1) is 6.10 Å². The Morgan fingerprint density at radius 2 is 1.17 bits per heavy atom. The number of fused-ring (bicyclic) bond motifs is 5. The summed E-state index contributed by atoms with van der Waals surface area (Å²) in [5, 5.41) is 19.8. The molecule has 312 valence electrons. The van der Waals surface area contributed by atoms with E-state index in [1.165, 1.54) is 186 Å². The van der Waals surface area contributed by atoms with Crippen LogP contribution in [0.15, 0.2) is 11.6 Å². The minimum atomic E-state index is -0.0766. The molecule has 4 rings (SSSR count). The van der Waals surface area contributed by atoms with Crippen molar-refractivity contribution in [2.45, 2.75) is 254 Å². The molecule has 0 spiro atoms. The normalized spacial score (nSPS) is 30.5. The van der Waals surface area contributed by atoms with E-state index >= 15 is 0 Å². The van der Waals surface area contributed by atoms with Crippen LogP contribution in [0.25, 0.3) is 0 Å². The van der Waals surface area contributed by atoms with Crippen molar-refractivity contribution < 1.29 is 10.2 Å². The van der Waals surface area contributed by atoms with Crippen LogP contribution < -0.4 is 0 Å². The number of allylic oxidation sites excluding steroid dienone is 1. The van der Waals surface area contributed by atoms with E-state index < -0.39 is 0 Å². The second-order valence-corrected chi connectivity index (χ2v) is 20.5. The molecule has 3 fully saturated rings. The van der Waals surface area contributed by atoms with Crippen LogP contribution in [0.3, 0.4) is 0 Å². The molecule has 9 atom stereocenters. The van der Waals surface area contributed by atoms with Gasteiger partial charge in [-0.25, -0.2) is 0 Å². The molecular formula is C51H96O2. The highest BCUT2D eigenvalue weighted by Gasteiger charge is 2.59. The number of aliphatic hydroxyl groups excluding tert-OH is 2. The standard InChI is InChI=1S/C27H46O.C24H50O/c1-18(2)7-6-8-19(3)23-11-12-24-22-10-9-20-17-21(28)13-15-26(20,4)25(22)14-16-27(23,24)5;1-3-5-7-9-11-13-14-16-18-20-22-24(23-25)21-19-17-15-12-10-8-6-4-2/h9,18-19,21-25,28H,6-8,10-17H2,1-5H3;24-25H,3-23H2,1-2H3/t19-,21+,22+,23-,24+,25+,26+,27-;/m1./s1. The average Bonchev–Trinajstić information content (AvgIpc) is 3.50. The van der Waals surface area contributed by atoms with Crippen molar-refractivity contribution in [2.75, 3.05) is 6.61 Å². The van der Waals surface area contributed by atoms with Gasteiger partial charge in [-0.3, -0.25) is 0 Å².